The van der Waals surface area contributed by atoms with Gasteiger partial charge in [-0.2, -0.15) is 0 Å². The first kappa shape index (κ1) is 17.8. The van der Waals surface area contributed by atoms with Crippen LogP contribution in [0.25, 0.3) is 0 Å². The van der Waals surface area contributed by atoms with Crippen molar-refractivity contribution >= 4 is 23.4 Å². The second kappa shape index (κ2) is 8.39. The molecule has 0 radical (unpaired) electrons. The number of aromatic nitrogens is 3. The maximum atomic E-state index is 12.0. The number of phenolic OH excluding ortho intramolecular Hbond substituents is 1. The van der Waals surface area contributed by atoms with Gasteiger partial charge in [0, 0.05) is 7.05 Å². The zero-order valence-corrected chi connectivity index (χ0v) is 14.9. The first-order chi connectivity index (χ1) is 12.6. The van der Waals surface area contributed by atoms with Crippen LogP contribution < -0.4 is 10.1 Å². The van der Waals surface area contributed by atoms with Crippen LogP contribution in [0.1, 0.15) is 5.82 Å². The molecule has 0 aliphatic rings. The highest BCUT2D eigenvalue weighted by atomic mass is 32.2. The van der Waals surface area contributed by atoms with Crippen molar-refractivity contribution in [3.8, 4) is 11.5 Å². The van der Waals surface area contributed by atoms with Crippen molar-refractivity contribution < 1.29 is 14.6 Å². The monoisotopic (exact) mass is 370 g/mol. The molecule has 26 heavy (non-hydrogen) atoms. The molecule has 1 aromatic heterocycles. The Hall–Kier alpha value is -3.00. The number of phenols is 1. The van der Waals surface area contributed by atoms with Gasteiger partial charge in [-0.15, -0.1) is 10.2 Å². The van der Waals surface area contributed by atoms with E-state index in [4.69, 9.17) is 4.74 Å². The minimum absolute atomic E-state index is 0.0323. The lowest BCUT2D eigenvalue weighted by Gasteiger charge is -2.07. The molecule has 0 saturated carbocycles. The summed E-state index contributed by atoms with van der Waals surface area (Å²) in [7, 11) is 1.83. The zero-order chi connectivity index (χ0) is 18.4. The minimum atomic E-state index is -0.235. The number of thioether (sulfide) groups is 1. The maximum absolute atomic E-state index is 12.0. The van der Waals surface area contributed by atoms with Crippen LogP contribution in [0.2, 0.25) is 0 Å². The van der Waals surface area contributed by atoms with Crippen molar-refractivity contribution in [3.05, 3.63) is 60.4 Å². The number of nitrogens with one attached hydrogen (secondary N) is 1. The van der Waals surface area contributed by atoms with Crippen molar-refractivity contribution in [2.75, 3.05) is 11.1 Å². The third-order valence-corrected chi connectivity index (χ3v) is 4.57. The van der Waals surface area contributed by atoms with Gasteiger partial charge in [0.2, 0.25) is 5.91 Å². The molecule has 0 aliphatic heterocycles. The van der Waals surface area contributed by atoms with E-state index in [0.717, 1.165) is 5.75 Å². The first-order valence-electron chi connectivity index (χ1n) is 7.90. The van der Waals surface area contributed by atoms with Crippen LogP contribution in [0.4, 0.5) is 5.69 Å². The zero-order valence-electron chi connectivity index (χ0n) is 14.1. The number of carbonyl (C=O) groups is 1. The summed E-state index contributed by atoms with van der Waals surface area (Å²) in [6, 6.07) is 16.0. The molecule has 0 fully saturated rings. The van der Waals surface area contributed by atoms with Gasteiger partial charge in [-0.1, -0.05) is 42.1 Å². The number of hydrogen-bond donors (Lipinski definition) is 2. The number of amides is 1. The molecule has 7 nitrogen and oxygen atoms in total. The SMILES string of the molecule is Cn1c(COc2ccccc2)nnc1SCC(=O)Nc1ccccc1O. The summed E-state index contributed by atoms with van der Waals surface area (Å²) >= 11 is 1.26. The summed E-state index contributed by atoms with van der Waals surface area (Å²) < 4.78 is 7.46. The van der Waals surface area contributed by atoms with Crippen LogP contribution in [0.3, 0.4) is 0 Å². The van der Waals surface area contributed by atoms with Gasteiger partial charge in [-0.25, -0.2) is 0 Å². The fourth-order valence-corrected chi connectivity index (χ4v) is 2.89. The lowest BCUT2D eigenvalue weighted by molar-refractivity contribution is -0.113. The van der Waals surface area contributed by atoms with Crippen LogP contribution in [0.5, 0.6) is 11.5 Å². The lowest BCUT2D eigenvalue weighted by atomic mass is 10.3. The summed E-state index contributed by atoms with van der Waals surface area (Å²) in [6.45, 7) is 0.290. The molecular weight excluding hydrogens is 352 g/mol. The minimum Gasteiger partial charge on any atom is -0.506 e. The normalized spacial score (nSPS) is 10.5. The molecule has 2 N–H and O–H groups in total. The Bertz CT molecular complexity index is 883. The molecule has 3 aromatic rings. The molecule has 3 rings (SSSR count). The molecule has 0 saturated heterocycles. The van der Waals surface area contributed by atoms with E-state index in [1.807, 2.05) is 37.4 Å². The summed E-state index contributed by atoms with van der Waals surface area (Å²) in [5.41, 5.74) is 0.382. The first-order valence-corrected chi connectivity index (χ1v) is 8.89. The average molecular weight is 370 g/mol. The van der Waals surface area contributed by atoms with Crippen LogP contribution in [0, 0.1) is 0 Å². The second-order valence-corrected chi connectivity index (χ2v) is 6.36. The van der Waals surface area contributed by atoms with Gasteiger partial charge < -0.3 is 19.7 Å². The number of benzene rings is 2. The number of aromatic hydroxyl groups is 1. The van der Waals surface area contributed by atoms with Crippen LogP contribution in [-0.4, -0.2) is 31.5 Å². The largest absolute Gasteiger partial charge is 0.506 e. The molecule has 1 heterocycles. The highest BCUT2D eigenvalue weighted by molar-refractivity contribution is 7.99. The van der Waals surface area contributed by atoms with Crippen molar-refractivity contribution in [1.29, 1.82) is 0 Å². The Labute approximate surface area is 155 Å². The number of hydrogen-bond acceptors (Lipinski definition) is 6. The van der Waals surface area contributed by atoms with Gasteiger partial charge in [0.25, 0.3) is 0 Å². The number of rotatable bonds is 7. The standard InChI is InChI=1S/C18H18N4O3S/c1-22-16(11-25-13-7-3-2-4-8-13)20-21-18(22)26-12-17(24)19-14-9-5-6-10-15(14)23/h2-10,23H,11-12H2,1H3,(H,19,24). The second-order valence-electron chi connectivity index (χ2n) is 5.41. The van der Waals surface area contributed by atoms with Gasteiger partial charge >= 0.3 is 0 Å². The Morgan fingerprint density at radius 3 is 2.65 bits per heavy atom. The van der Waals surface area contributed by atoms with E-state index in [-0.39, 0.29) is 24.0 Å². The van der Waals surface area contributed by atoms with Crippen LogP contribution in [0.15, 0.2) is 59.8 Å². The molecule has 8 heteroatoms. The predicted octanol–water partition coefficient (Wildman–Crippen LogP) is 2.83. The van der Waals surface area contributed by atoms with E-state index in [2.05, 4.69) is 15.5 Å². The fraction of sp³-hybridized carbons (Fsp3) is 0.167. The number of ether oxygens (including phenoxy) is 1. The molecule has 0 spiro atoms. The number of anilines is 1. The van der Waals surface area contributed by atoms with Crippen molar-refractivity contribution in [2.45, 2.75) is 11.8 Å². The van der Waals surface area contributed by atoms with E-state index in [0.29, 0.717) is 16.7 Å². The highest BCUT2D eigenvalue weighted by Crippen LogP contribution is 2.22. The third-order valence-electron chi connectivity index (χ3n) is 3.55. The highest BCUT2D eigenvalue weighted by Gasteiger charge is 2.13. The third kappa shape index (κ3) is 4.54. The van der Waals surface area contributed by atoms with E-state index in [9.17, 15) is 9.90 Å². The molecule has 0 bridgehead atoms. The number of para-hydroxylation sites is 3. The molecule has 134 valence electrons. The van der Waals surface area contributed by atoms with Crippen molar-refractivity contribution in [3.63, 3.8) is 0 Å². The lowest BCUT2D eigenvalue weighted by Crippen LogP contribution is -2.14. The van der Waals surface area contributed by atoms with Crippen LogP contribution >= 0.6 is 11.8 Å². The smallest absolute Gasteiger partial charge is 0.234 e. The summed E-state index contributed by atoms with van der Waals surface area (Å²) in [4.78, 5) is 12.0. The molecule has 0 aliphatic carbocycles. The summed E-state index contributed by atoms with van der Waals surface area (Å²) in [6.07, 6.45) is 0. The average Bonchev–Trinajstić information content (AvgIpc) is 3.01. The van der Waals surface area contributed by atoms with Gasteiger partial charge in [0.1, 0.15) is 18.1 Å². The Balaban J connectivity index is 1.53. The summed E-state index contributed by atoms with van der Waals surface area (Å²) in [5.74, 6) is 1.37. The van der Waals surface area contributed by atoms with Crippen LogP contribution in [-0.2, 0) is 18.4 Å². The molecule has 0 unspecified atom stereocenters. The Morgan fingerprint density at radius 1 is 1.15 bits per heavy atom. The van der Waals surface area contributed by atoms with E-state index < -0.39 is 0 Å². The van der Waals surface area contributed by atoms with Crippen molar-refractivity contribution in [1.82, 2.24) is 14.8 Å². The van der Waals surface area contributed by atoms with Gasteiger partial charge in [-0.3, -0.25) is 4.79 Å². The quantitative estimate of drug-likeness (QED) is 0.491. The van der Waals surface area contributed by atoms with E-state index in [1.165, 1.54) is 17.8 Å². The molecule has 1 amide bonds. The maximum Gasteiger partial charge on any atom is 0.234 e. The molecule has 2 aromatic carbocycles. The number of nitrogens with zero attached hydrogens (tertiary/aromatic N) is 3. The topological polar surface area (TPSA) is 89.3 Å². The van der Waals surface area contributed by atoms with Gasteiger partial charge in [-0.05, 0) is 24.3 Å². The Kier molecular flexibility index (Phi) is 5.75. The van der Waals surface area contributed by atoms with E-state index >= 15 is 0 Å². The predicted molar refractivity (Wildman–Crippen MR) is 99.2 cm³/mol. The van der Waals surface area contributed by atoms with Crippen molar-refractivity contribution in [2.24, 2.45) is 7.05 Å². The fourth-order valence-electron chi connectivity index (χ4n) is 2.16. The molecular formula is C18H18N4O3S. The van der Waals surface area contributed by atoms with Gasteiger partial charge in [0.05, 0.1) is 11.4 Å². The number of carbonyl (C=O) groups excluding carboxylic acids is 1. The summed E-state index contributed by atoms with van der Waals surface area (Å²) in [5, 5.41) is 21.2. The molecule has 0 atom stereocenters. The Morgan fingerprint density at radius 2 is 1.88 bits per heavy atom. The van der Waals surface area contributed by atoms with E-state index in [1.54, 1.807) is 22.8 Å². The van der Waals surface area contributed by atoms with Gasteiger partial charge in [0.15, 0.2) is 11.0 Å².